The van der Waals surface area contributed by atoms with Gasteiger partial charge in [-0.2, -0.15) is 0 Å². The van der Waals surface area contributed by atoms with E-state index in [0.717, 1.165) is 36.8 Å². The van der Waals surface area contributed by atoms with Gasteiger partial charge >= 0.3 is 0 Å². The quantitative estimate of drug-likeness (QED) is 0.805. The number of amides is 1. The Morgan fingerprint density at radius 2 is 1.79 bits per heavy atom. The lowest BCUT2D eigenvalue weighted by Crippen LogP contribution is -2.36. The lowest BCUT2D eigenvalue weighted by molar-refractivity contribution is -0.120. The van der Waals surface area contributed by atoms with Gasteiger partial charge in [0.1, 0.15) is 0 Å². The fraction of sp³-hybridized carbons (Fsp3) is 0.409. The highest BCUT2D eigenvalue weighted by molar-refractivity contribution is 7.89. The maximum Gasteiger partial charge on any atom is 0.240 e. The highest BCUT2D eigenvalue weighted by atomic mass is 32.2. The van der Waals surface area contributed by atoms with Crippen LogP contribution in [0, 0.1) is 0 Å². The van der Waals surface area contributed by atoms with Gasteiger partial charge in [0.15, 0.2) is 0 Å². The molecule has 2 N–H and O–H groups in total. The molecule has 0 saturated heterocycles. The zero-order valence-electron chi connectivity index (χ0n) is 16.1. The van der Waals surface area contributed by atoms with Crippen molar-refractivity contribution in [3.8, 4) is 0 Å². The Morgan fingerprint density at radius 3 is 2.50 bits per heavy atom. The normalized spacial score (nSPS) is 22.7. The summed E-state index contributed by atoms with van der Waals surface area (Å²) < 4.78 is 28.7. The summed E-state index contributed by atoms with van der Waals surface area (Å²) >= 11 is 0. The summed E-state index contributed by atoms with van der Waals surface area (Å²) in [7, 11) is -3.61. The molecule has 28 heavy (non-hydrogen) atoms. The van der Waals surface area contributed by atoms with Crippen LogP contribution in [0.25, 0.3) is 0 Å². The fourth-order valence-electron chi connectivity index (χ4n) is 4.33. The van der Waals surface area contributed by atoms with E-state index in [0.29, 0.717) is 12.1 Å². The molecule has 0 spiro atoms. The van der Waals surface area contributed by atoms with Crippen LogP contribution in [0.5, 0.6) is 0 Å². The van der Waals surface area contributed by atoms with Gasteiger partial charge in [0, 0.05) is 11.7 Å². The Hall–Kier alpha value is -2.18. The van der Waals surface area contributed by atoms with Crippen molar-refractivity contribution in [1.29, 1.82) is 0 Å². The molecule has 6 heteroatoms. The molecule has 1 aliphatic heterocycles. The van der Waals surface area contributed by atoms with Crippen molar-refractivity contribution >= 4 is 21.6 Å². The minimum Gasteiger partial charge on any atom is -0.325 e. The first-order chi connectivity index (χ1) is 13.4. The van der Waals surface area contributed by atoms with Gasteiger partial charge in [-0.1, -0.05) is 49.6 Å². The van der Waals surface area contributed by atoms with Crippen molar-refractivity contribution in [2.24, 2.45) is 0 Å². The van der Waals surface area contributed by atoms with Crippen LogP contribution in [0.15, 0.2) is 53.4 Å². The summed E-state index contributed by atoms with van der Waals surface area (Å²) in [6, 6.07) is 14.8. The summed E-state index contributed by atoms with van der Waals surface area (Å²) in [5, 5.41) is 2.91. The van der Waals surface area contributed by atoms with E-state index in [1.165, 1.54) is 6.42 Å². The van der Waals surface area contributed by atoms with E-state index in [9.17, 15) is 13.2 Å². The highest BCUT2D eigenvalue weighted by Gasteiger charge is 2.43. The van der Waals surface area contributed by atoms with E-state index < -0.39 is 15.4 Å². The number of hydrogen-bond donors (Lipinski definition) is 2. The molecule has 1 heterocycles. The van der Waals surface area contributed by atoms with E-state index in [2.05, 4.69) is 10.0 Å². The molecule has 1 unspecified atom stereocenters. The van der Waals surface area contributed by atoms with Crippen molar-refractivity contribution < 1.29 is 13.2 Å². The Labute approximate surface area is 166 Å². The van der Waals surface area contributed by atoms with Crippen LogP contribution in [0.4, 0.5) is 5.69 Å². The first-order valence-corrected chi connectivity index (χ1v) is 11.4. The smallest absolute Gasteiger partial charge is 0.240 e. The fourth-order valence-corrected chi connectivity index (χ4v) is 5.66. The number of carbonyl (C=O) groups is 1. The third-order valence-electron chi connectivity index (χ3n) is 5.97. The molecule has 2 aliphatic rings. The zero-order valence-corrected chi connectivity index (χ0v) is 16.9. The Balaban J connectivity index is 1.65. The predicted molar refractivity (Wildman–Crippen MR) is 110 cm³/mol. The minimum atomic E-state index is -3.61. The molecule has 4 rings (SSSR count). The molecule has 148 valence electrons. The van der Waals surface area contributed by atoms with Crippen molar-refractivity contribution in [1.82, 2.24) is 4.72 Å². The molecule has 1 fully saturated rings. The van der Waals surface area contributed by atoms with Crippen LogP contribution in [-0.2, 0) is 26.7 Å². The van der Waals surface area contributed by atoms with Crippen LogP contribution < -0.4 is 10.0 Å². The predicted octanol–water partition coefficient (Wildman–Crippen LogP) is 3.75. The lowest BCUT2D eigenvalue weighted by Gasteiger charge is -2.24. The van der Waals surface area contributed by atoms with Crippen LogP contribution >= 0.6 is 0 Å². The molecule has 2 aromatic rings. The van der Waals surface area contributed by atoms with Crippen LogP contribution in [-0.4, -0.2) is 20.4 Å². The van der Waals surface area contributed by atoms with E-state index in [-0.39, 0.29) is 16.8 Å². The maximum atomic E-state index is 12.9. The van der Waals surface area contributed by atoms with E-state index in [4.69, 9.17) is 0 Å². The van der Waals surface area contributed by atoms with E-state index in [1.807, 2.05) is 37.3 Å². The summed E-state index contributed by atoms with van der Waals surface area (Å²) in [5.41, 5.74) is 1.68. The van der Waals surface area contributed by atoms with Gasteiger partial charge in [-0.25, -0.2) is 13.1 Å². The molecule has 0 radical (unpaired) electrons. The Kier molecular flexibility index (Phi) is 5.02. The van der Waals surface area contributed by atoms with Crippen molar-refractivity contribution in [3.05, 3.63) is 59.7 Å². The number of sulfonamides is 1. The van der Waals surface area contributed by atoms with Gasteiger partial charge in [-0.15, -0.1) is 0 Å². The van der Waals surface area contributed by atoms with Gasteiger partial charge in [0.05, 0.1) is 10.3 Å². The Morgan fingerprint density at radius 1 is 1.07 bits per heavy atom. The third-order valence-corrected chi connectivity index (χ3v) is 7.49. The molecule has 1 aliphatic carbocycles. The molecular formula is C22H26N2O3S. The van der Waals surface area contributed by atoms with Gasteiger partial charge < -0.3 is 5.32 Å². The summed E-state index contributed by atoms with van der Waals surface area (Å²) in [6.07, 6.45) is 5.58. The van der Waals surface area contributed by atoms with Gasteiger partial charge in [0.2, 0.25) is 15.9 Å². The van der Waals surface area contributed by atoms with Crippen LogP contribution in [0.3, 0.4) is 0 Å². The largest absolute Gasteiger partial charge is 0.325 e. The summed E-state index contributed by atoms with van der Waals surface area (Å²) in [4.78, 5) is 13.0. The SMILES string of the molecule is CC1(Cc2ccccc2)C(=O)Nc2ccc(S(=O)(=O)NC3CCCCC3)cc21. The van der Waals surface area contributed by atoms with Gasteiger partial charge in [0.25, 0.3) is 0 Å². The maximum absolute atomic E-state index is 12.9. The van der Waals surface area contributed by atoms with Gasteiger partial charge in [-0.3, -0.25) is 4.79 Å². The van der Waals surface area contributed by atoms with Crippen LogP contribution in [0.2, 0.25) is 0 Å². The summed E-state index contributed by atoms with van der Waals surface area (Å²) in [6.45, 7) is 1.88. The van der Waals surface area contributed by atoms with E-state index in [1.54, 1.807) is 18.2 Å². The number of anilines is 1. The second-order valence-corrected chi connectivity index (χ2v) is 9.83. The number of rotatable bonds is 5. The minimum absolute atomic E-state index is 0.00228. The zero-order chi connectivity index (χ0) is 19.8. The molecule has 1 amide bonds. The highest BCUT2D eigenvalue weighted by Crippen LogP contribution is 2.41. The first-order valence-electron chi connectivity index (χ1n) is 9.91. The number of carbonyl (C=O) groups excluding carboxylic acids is 1. The monoisotopic (exact) mass is 398 g/mol. The average molecular weight is 399 g/mol. The number of benzene rings is 2. The second-order valence-electron chi connectivity index (χ2n) is 8.11. The van der Waals surface area contributed by atoms with E-state index >= 15 is 0 Å². The number of fused-ring (bicyclic) bond motifs is 1. The molecule has 1 saturated carbocycles. The van der Waals surface area contributed by atoms with Crippen molar-refractivity contribution in [2.45, 2.75) is 61.8 Å². The van der Waals surface area contributed by atoms with Crippen LogP contribution in [0.1, 0.15) is 50.2 Å². The van der Waals surface area contributed by atoms with Crippen molar-refractivity contribution in [2.75, 3.05) is 5.32 Å². The standard InChI is InChI=1S/C22H26N2O3S/c1-22(15-16-8-4-2-5-9-16)19-14-18(12-13-20(19)23-21(22)25)28(26,27)24-17-10-6-3-7-11-17/h2,4-5,8-9,12-14,17,24H,3,6-7,10-11,15H2,1H3,(H,23,25). The van der Waals surface area contributed by atoms with Gasteiger partial charge in [-0.05, 0) is 55.5 Å². The topological polar surface area (TPSA) is 75.3 Å². The third kappa shape index (κ3) is 3.59. The second kappa shape index (κ2) is 7.33. The molecule has 0 bridgehead atoms. The number of nitrogens with one attached hydrogen (secondary N) is 2. The molecule has 0 aromatic heterocycles. The van der Waals surface area contributed by atoms with Crippen molar-refractivity contribution in [3.63, 3.8) is 0 Å². The molecular weight excluding hydrogens is 372 g/mol. The average Bonchev–Trinajstić information content (AvgIpc) is 2.93. The Bertz CT molecular complexity index is 982. The first kappa shape index (κ1) is 19.2. The number of hydrogen-bond acceptors (Lipinski definition) is 3. The molecule has 5 nitrogen and oxygen atoms in total. The summed E-state index contributed by atoms with van der Waals surface area (Å²) in [5.74, 6) is -0.0962. The lowest BCUT2D eigenvalue weighted by atomic mass is 9.78. The molecule has 2 aromatic carbocycles. The molecule has 1 atom stereocenters.